The first kappa shape index (κ1) is 20.7. The molecule has 0 bridgehead atoms. The van der Waals surface area contributed by atoms with E-state index < -0.39 is 0 Å². The largest absolute Gasteiger partial charge is 0.497 e. The van der Waals surface area contributed by atoms with Gasteiger partial charge >= 0.3 is 6.03 Å². The molecule has 168 valence electrons. The number of nitrogens with zero attached hydrogens (tertiary/aromatic N) is 1. The molecule has 0 spiro atoms. The van der Waals surface area contributed by atoms with Gasteiger partial charge in [-0.05, 0) is 60.7 Å². The average Bonchev–Trinajstić information content (AvgIpc) is 3.22. The van der Waals surface area contributed by atoms with Crippen molar-refractivity contribution in [2.24, 2.45) is 0 Å². The number of H-pyrrole nitrogens is 1. The van der Waals surface area contributed by atoms with E-state index in [1.54, 1.807) is 14.2 Å². The third-order valence-corrected chi connectivity index (χ3v) is 6.96. The Morgan fingerprint density at radius 1 is 1.00 bits per heavy atom. The second kappa shape index (κ2) is 8.77. The lowest BCUT2D eigenvalue weighted by Gasteiger charge is -2.37. The van der Waals surface area contributed by atoms with Gasteiger partial charge in [-0.15, -0.1) is 0 Å². The number of aromatic nitrogens is 1. The number of carbonyl (C=O) groups excluding carboxylic acids is 1. The number of benzene rings is 2. The van der Waals surface area contributed by atoms with Gasteiger partial charge in [0.2, 0.25) is 0 Å². The van der Waals surface area contributed by atoms with Crippen LogP contribution >= 0.6 is 0 Å². The number of fused-ring (bicyclic) bond motifs is 3. The van der Waals surface area contributed by atoms with Crippen molar-refractivity contribution < 1.29 is 14.3 Å². The van der Waals surface area contributed by atoms with Crippen LogP contribution in [0.1, 0.15) is 55.0 Å². The summed E-state index contributed by atoms with van der Waals surface area (Å²) in [6.45, 7) is 0.673. The first-order valence-electron chi connectivity index (χ1n) is 11.6. The Labute approximate surface area is 188 Å². The lowest BCUT2D eigenvalue weighted by molar-refractivity contribution is 0.172. The summed E-state index contributed by atoms with van der Waals surface area (Å²) in [6, 6.07) is 14.3. The molecular formula is C26H31N3O3. The zero-order valence-electron chi connectivity index (χ0n) is 18.8. The van der Waals surface area contributed by atoms with Crippen LogP contribution in [0.5, 0.6) is 11.5 Å². The van der Waals surface area contributed by atoms with Crippen molar-refractivity contribution in [1.29, 1.82) is 0 Å². The molecule has 6 heteroatoms. The van der Waals surface area contributed by atoms with Crippen LogP contribution in [0.25, 0.3) is 10.9 Å². The highest BCUT2D eigenvalue weighted by molar-refractivity contribution is 5.87. The Morgan fingerprint density at radius 3 is 2.44 bits per heavy atom. The topological polar surface area (TPSA) is 66.6 Å². The fraction of sp³-hybridized carbons (Fsp3) is 0.423. The van der Waals surface area contributed by atoms with Gasteiger partial charge in [0.05, 0.1) is 20.3 Å². The van der Waals surface area contributed by atoms with Gasteiger partial charge in [-0.1, -0.05) is 31.4 Å². The number of urea groups is 1. The minimum absolute atomic E-state index is 0.0274. The predicted octanol–water partition coefficient (Wildman–Crippen LogP) is 5.17. The molecule has 2 N–H and O–H groups in total. The summed E-state index contributed by atoms with van der Waals surface area (Å²) >= 11 is 0. The molecule has 2 aliphatic rings. The molecule has 32 heavy (non-hydrogen) atoms. The molecule has 0 saturated heterocycles. The fourth-order valence-corrected chi connectivity index (χ4v) is 5.25. The van der Waals surface area contributed by atoms with E-state index in [0.717, 1.165) is 47.5 Å². The van der Waals surface area contributed by atoms with Gasteiger partial charge < -0.3 is 24.7 Å². The Kier molecular flexibility index (Phi) is 5.68. The summed E-state index contributed by atoms with van der Waals surface area (Å²) in [5, 5.41) is 4.49. The molecule has 3 aromatic rings. The lowest BCUT2D eigenvalue weighted by atomic mass is 9.92. The molecule has 1 unspecified atom stereocenters. The number of ether oxygens (including phenoxy) is 2. The molecule has 1 fully saturated rings. The third kappa shape index (κ3) is 3.78. The minimum Gasteiger partial charge on any atom is -0.497 e. The fourth-order valence-electron chi connectivity index (χ4n) is 5.25. The summed E-state index contributed by atoms with van der Waals surface area (Å²) in [7, 11) is 3.36. The molecule has 1 saturated carbocycles. The van der Waals surface area contributed by atoms with Crippen molar-refractivity contribution >= 4 is 16.9 Å². The van der Waals surface area contributed by atoms with E-state index in [-0.39, 0.29) is 18.1 Å². The van der Waals surface area contributed by atoms with Crippen molar-refractivity contribution in [2.45, 2.75) is 50.6 Å². The number of nitrogens with one attached hydrogen (secondary N) is 2. The van der Waals surface area contributed by atoms with Crippen LogP contribution in [0, 0.1) is 0 Å². The molecular weight excluding hydrogens is 402 g/mol. The summed E-state index contributed by atoms with van der Waals surface area (Å²) in [6.07, 6.45) is 6.62. The zero-order valence-corrected chi connectivity index (χ0v) is 18.8. The first-order valence-corrected chi connectivity index (χ1v) is 11.6. The molecule has 1 aliphatic carbocycles. The van der Waals surface area contributed by atoms with E-state index in [0.29, 0.717) is 6.54 Å². The highest BCUT2D eigenvalue weighted by Gasteiger charge is 2.35. The van der Waals surface area contributed by atoms with Crippen LogP contribution in [0.2, 0.25) is 0 Å². The van der Waals surface area contributed by atoms with Gasteiger partial charge in [0, 0.05) is 29.2 Å². The Bertz CT molecular complexity index is 1100. The molecule has 1 aliphatic heterocycles. The Morgan fingerprint density at radius 2 is 1.72 bits per heavy atom. The number of rotatable bonds is 4. The predicted molar refractivity (Wildman–Crippen MR) is 126 cm³/mol. The number of hydrogen-bond donors (Lipinski definition) is 2. The molecule has 6 nitrogen and oxygen atoms in total. The maximum Gasteiger partial charge on any atom is 0.318 e. The number of methoxy groups -OCH3 is 2. The zero-order chi connectivity index (χ0) is 22.1. The van der Waals surface area contributed by atoms with Crippen molar-refractivity contribution in [1.82, 2.24) is 15.2 Å². The van der Waals surface area contributed by atoms with E-state index >= 15 is 0 Å². The lowest BCUT2D eigenvalue weighted by Crippen LogP contribution is -2.49. The highest BCUT2D eigenvalue weighted by atomic mass is 16.5. The van der Waals surface area contributed by atoms with Gasteiger partial charge in [-0.3, -0.25) is 0 Å². The standard InChI is InChI=1S/C26H31N3O3/c1-31-19-10-8-17(9-11-19)25-24-21(22-16-20(32-2)12-13-23(22)28-24)14-15-29(25)26(30)27-18-6-4-3-5-7-18/h8-13,16,18,25,28H,3-7,14-15H2,1-2H3,(H,27,30). The smallest absolute Gasteiger partial charge is 0.318 e. The van der Waals surface area contributed by atoms with Gasteiger partial charge in [0.1, 0.15) is 11.5 Å². The Hall–Kier alpha value is -3.15. The quantitative estimate of drug-likeness (QED) is 0.596. The normalized spacial score (nSPS) is 18.9. The highest BCUT2D eigenvalue weighted by Crippen LogP contribution is 2.40. The SMILES string of the molecule is COc1ccc(C2c3[nH]c4ccc(OC)cc4c3CCN2C(=O)NC2CCCCC2)cc1. The van der Waals surface area contributed by atoms with Crippen molar-refractivity contribution in [2.75, 3.05) is 20.8 Å². The van der Waals surface area contributed by atoms with E-state index in [4.69, 9.17) is 9.47 Å². The van der Waals surface area contributed by atoms with Gasteiger partial charge in [-0.2, -0.15) is 0 Å². The number of amides is 2. The molecule has 5 rings (SSSR count). The average molecular weight is 434 g/mol. The third-order valence-electron chi connectivity index (χ3n) is 6.96. The molecule has 2 heterocycles. The maximum absolute atomic E-state index is 13.5. The summed E-state index contributed by atoms with van der Waals surface area (Å²) in [4.78, 5) is 19.1. The molecule has 1 aromatic heterocycles. The number of hydrogen-bond acceptors (Lipinski definition) is 3. The second-order valence-corrected chi connectivity index (χ2v) is 8.83. The monoisotopic (exact) mass is 433 g/mol. The Balaban J connectivity index is 1.54. The van der Waals surface area contributed by atoms with Crippen molar-refractivity contribution in [3.8, 4) is 11.5 Å². The molecule has 2 amide bonds. The van der Waals surface area contributed by atoms with Crippen molar-refractivity contribution in [3.05, 3.63) is 59.3 Å². The van der Waals surface area contributed by atoms with E-state index in [2.05, 4.69) is 34.6 Å². The number of aromatic amines is 1. The molecule has 2 aromatic carbocycles. The maximum atomic E-state index is 13.5. The van der Waals surface area contributed by atoms with Crippen LogP contribution in [-0.4, -0.2) is 42.7 Å². The summed E-state index contributed by atoms with van der Waals surface area (Å²) in [5.41, 5.74) is 4.50. The van der Waals surface area contributed by atoms with Gasteiger partial charge in [0.25, 0.3) is 0 Å². The second-order valence-electron chi connectivity index (χ2n) is 8.83. The van der Waals surface area contributed by atoms with Crippen molar-refractivity contribution in [3.63, 3.8) is 0 Å². The first-order chi connectivity index (χ1) is 15.7. The van der Waals surface area contributed by atoms with Crippen LogP contribution in [0.15, 0.2) is 42.5 Å². The van der Waals surface area contributed by atoms with Crippen LogP contribution in [-0.2, 0) is 6.42 Å². The van der Waals surface area contributed by atoms with Crippen LogP contribution in [0.3, 0.4) is 0 Å². The van der Waals surface area contributed by atoms with Gasteiger partial charge in [0.15, 0.2) is 0 Å². The molecule has 0 radical (unpaired) electrons. The van der Waals surface area contributed by atoms with Gasteiger partial charge in [-0.25, -0.2) is 4.79 Å². The molecule has 1 atom stereocenters. The number of carbonyl (C=O) groups is 1. The van der Waals surface area contributed by atoms with Crippen LogP contribution < -0.4 is 14.8 Å². The minimum atomic E-state index is -0.174. The summed E-state index contributed by atoms with van der Waals surface area (Å²) in [5.74, 6) is 1.65. The summed E-state index contributed by atoms with van der Waals surface area (Å²) < 4.78 is 10.8. The van der Waals surface area contributed by atoms with E-state index in [9.17, 15) is 4.79 Å². The van der Waals surface area contributed by atoms with Crippen LogP contribution in [0.4, 0.5) is 4.79 Å². The van der Waals surface area contributed by atoms with E-state index in [1.807, 2.05) is 23.1 Å². The van der Waals surface area contributed by atoms with E-state index in [1.165, 1.54) is 30.2 Å².